The monoisotopic (exact) mass is 1460 g/mol. The molecule has 0 radical (unpaired) electrons. The third kappa shape index (κ3) is 22.0. The Kier molecular flexibility index (Phi) is 27.7. The predicted molar refractivity (Wildman–Crippen MR) is 337 cm³/mol. The van der Waals surface area contributed by atoms with Gasteiger partial charge in [0, 0.05) is 11.6 Å². The van der Waals surface area contributed by atoms with E-state index in [9.17, 15) is 82.4 Å². The van der Waals surface area contributed by atoms with Crippen LogP contribution in [-0.2, 0) is 77.4 Å². The van der Waals surface area contributed by atoms with Crippen molar-refractivity contribution in [1.29, 1.82) is 10.5 Å². The van der Waals surface area contributed by atoms with Crippen LogP contribution in [0.1, 0.15) is 107 Å². The summed E-state index contributed by atoms with van der Waals surface area (Å²) in [7, 11) is 0. The topological polar surface area (TPSA) is 216 Å². The summed E-state index contributed by atoms with van der Waals surface area (Å²) in [6.07, 6.45) is -25.3. The van der Waals surface area contributed by atoms with E-state index in [1.165, 1.54) is 23.6 Å². The van der Waals surface area contributed by atoms with Gasteiger partial charge in [-0.15, -0.1) is 23.2 Å². The van der Waals surface area contributed by atoms with E-state index >= 15 is 0 Å². The number of nitrogens with zero attached hydrogens (tertiary/aromatic N) is 4. The van der Waals surface area contributed by atoms with Gasteiger partial charge in [0.05, 0.1) is 95.7 Å². The predicted octanol–water partition coefficient (Wildman–Crippen LogP) is 17.3. The lowest BCUT2D eigenvalue weighted by Crippen LogP contribution is -2.66. The number of benzene rings is 6. The van der Waals surface area contributed by atoms with Crippen LogP contribution in [0.3, 0.4) is 0 Å². The molecule has 31 heteroatoms. The zero-order valence-electron chi connectivity index (χ0n) is 52.7. The Labute approximate surface area is 576 Å². The van der Waals surface area contributed by atoms with Crippen molar-refractivity contribution in [3.63, 3.8) is 0 Å². The highest BCUT2D eigenvalue weighted by Crippen LogP contribution is 2.46. The summed E-state index contributed by atoms with van der Waals surface area (Å²) < 4.78 is 195. The van der Waals surface area contributed by atoms with Gasteiger partial charge in [-0.25, -0.2) is 19.2 Å². The third-order valence-corrected chi connectivity index (χ3v) is 16.4. The summed E-state index contributed by atoms with van der Waals surface area (Å²) in [6, 6.07) is 41.1. The normalized spacial score (nSPS) is 20.0. The van der Waals surface area contributed by atoms with Crippen molar-refractivity contribution in [2.24, 2.45) is 5.73 Å². The molecule has 6 atom stereocenters. The van der Waals surface area contributed by atoms with E-state index < -0.39 is 124 Å². The second-order valence-corrected chi connectivity index (χ2v) is 23.9. The molecule has 16 nitrogen and oxygen atoms in total. The Balaban J connectivity index is 0.000000286. The van der Waals surface area contributed by atoms with E-state index in [2.05, 4.69) is 16.1 Å². The maximum absolute atomic E-state index is 14.0. The Morgan fingerprint density at radius 3 is 1.20 bits per heavy atom. The highest BCUT2D eigenvalue weighted by atomic mass is 35.5. The Morgan fingerprint density at radius 1 is 0.515 bits per heavy atom. The Bertz CT molecular complexity index is 3680. The van der Waals surface area contributed by atoms with Crippen molar-refractivity contribution in [2.75, 3.05) is 51.3 Å². The number of amides is 3. The first-order valence-electron chi connectivity index (χ1n) is 30.0. The number of likely N-dealkylation sites (tertiary alicyclic amines) is 2. The molecule has 6 aromatic carbocycles. The Morgan fingerprint density at radius 2 is 0.869 bits per heavy atom. The fourth-order valence-corrected chi connectivity index (χ4v) is 10.9. The number of carbonyl (C=O) groups excluding carboxylic acids is 4. The van der Waals surface area contributed by atoms with Crippen LogP contribution in [0.2, 0.25) is 0 Å². The number of piperidine rings is 2. The lowest BCUT2D eigenvalue weighted by atomic mass is 9.75. The second-order valence-electron chi connectivity index (χ2n) is 22.8. The zero-order chi connectivity index (χ0) is 73.0. The molecule has 2 saturated heterocycles. The van der Waals surface area contributed by atoms with Crippen molar-refractivity contribution < 1.29 is 100 Å². The van der Waals surface area contributed by atoms with E-state index in [0.717, 1.165) is 0 Å². The minimum atomic E-state index is -5.07. The smallest absolute Gasteiger partial charge is 0.416 e. The SMILES string of the molecule is C[C@@H](OC[C@@]1(c2ccccc2)CC[C@@](N)(C#N)CN1C(=O)OCc1ccccc1)c1cc(C(F)(F)F)cc(C(F)(F)F)c1.C[C@@H](OC[C@@]1(c2ccccc2)CC[C@](C#N)(NC(=O)OCCCl)CN1C(=O)OCc1ccccc1)c1cc(C(F)(F)F)cc(C(F)(F)F)c1.O=C(Cl)OCCCl. The minimum absolute atomic E-state index is 0.00606. The summed E-state index contributed by atoms with van der Waals surface area (Å²) in [6.45, 7) is 0.924. The highest BCUT2D eigenvalue weighted by molar-refractivity contribution is 6.61. The molecule has 6 aromatic rings. The fraction of sp³-hybridized carbons (Fsp3) is 0.382. The van der Waals surface area contributed by atoms with Gasteiger partial charge < -0.3 is 39.5 Å². The van der Waals surface area contributed by atoms with Crippen LogP contribution >= 0.6 is 34.8 Å². The summed E-state index contributed by atoms with van der Waals surface area (Å²) in [5, 5.41) is 22.6. The average Bonchev–Trinajstić information content (AvgIpc) is 0.758. The molecule has 8 rings (SSSR count). The standard InChI is InChI=1S/C34H32ClF6N3O5.C31H29F6N3O3.C3H4Cl2O2/c1-23(25-16-27(33(36,37)38)18-28(17-25)34(39,40)41)49-22-32(26-10-6-3-7-11-26)13-12-31(20-42,43-29(45)47-15-14-35)21-44(32)30(46)48-19-24-8-4-2-5-9-24;1-21(23-14-25(30(32,33)34)16-26(15-23)31(35,36)37)43-20-29(24-10-6-3-7-11-24)13-12-28(39,18-38)19-40(29)27(41)42-17-22-8-4-2-5-9-22;4-1-2-7-3(5)6/h2-11,16-18,23H,12-15,19,21-22H2,1H3,(H,43,45);2-11,14-16,21H,12-13,17,19-20,39H2,1H3;1-2H2/t23-,31-,32-;21-,28-,29-;/m11./s1. The first-order valence-corrected chi connectivity index (χ1v) is 31.4. The maximum Gasteiger partial charge on any atom is 0.416 e. The number of hydrogen-bond acceptors (Lipinski definition) is 13. The number of ether oxygens (including phenoxy) is 6. The van der Waals surface area contributed by atoms with Crippen molar-refractivity contribution in [1.82, 2.24) is 15.1 Å². The molecule has 0 saturated carbocycles. The molecular formula is C68H65Cl3F12N6O10. The summed E-state index contributed by atoms with van der Waals surface area (Å²) in [5.41, 5.74) is -4.66. The van der Waals surface area contributed by atoms with Crippen LogP contribution < -0.4 is 11.1 Å². The number of hydrogen-bond donors (Lipinski definition) is 2. The third-order valence-electron chi connectivity index (χ3n) is 16.0. The molecule has 2 aliphatic heterocycles. The fourth-order valence-electron chi connectivity index (χ4n) is 10.7. The lowest BCUT2D eigenvalue weighted by molar-refractivity contribution is -0.145. The average molecular weight is 1460 g/mol. The molecule has 0 aromatic heterocycles. The van der Waals surface area contributed by atoms with Gasteiger partial charge in [0.2, 0.25) is 0 Å². The number of nitrogens with one attached hydrogen (secondary N) is 1. The van der Waals surface area contributed by atoms with Crippen LogP contribution in [0, 0.1) is 22.7 Å². The number of nitriles is 2. The quantitative estimate of drug-likeness (QED) is 0.0334. The van der Waals surface area contributed by atoms with E-state index in [1.54, 1.807) is 121 Å². The van der Waals surface area contributed by atoms with Crippen LogP contribution in [0.15, 0.2) is 158 Å². The number of halogens is 15. The number of nitrogens with two attached hydrogens (primary N) is 1. The second kappa shape index (κ2) is 34.5. The first-order chi connectivity index (χ1) is 46.6. The maximum atomic E-state index is 14.0. The van der Waals surface area contributed by atoms with Gasteiger partial charge in [0.1, 0.15) is 37.5 Å². The van der Waals surface area contributed by atoms with E-state index in [4.69, 9.17) is 64.2 Å². The van der Waals surface area contributed by atoms with Gasteiger partial charge in [-0.05, 0) is 109 Å². The number of alkyl halides is 14. The van der Waals surface area contributed by atoms with Gasteiger partial charge in [-0.1, -0.05) is 121 Å². The minimum Gasteiger partial charge on any atom is -0.452 e. The highest BCUT2D eigenvalue weighted by Gasteiger charge is 2.54. The van der Waals surface area contributed by atoms with Crippen molar-refractivity contribution in [2.45, 2.75) is 112 Å². The molecule has 0 spiro atoms. The van der Waals surface area contributed by atoms with Gasteiger partial charge in [0.25, 0.3) is 0 Å². The lowest BCUT2D eigenvalue weighted by Gasteiger charge is -2.51. The van der Waals surface area contributed by atoms with Crippen LogP contribution in [-0.4, -0.2) is 95.9 Å². The number of rotatable bonds is 19. The van der Waals surface area contributed by atoms with Gasteiger partial charge in [-0.3, -0.25) is 9.80 Å². The first kappa shape index (κ1) is 79.5. The molecule has 3 N–H and O–H groups in total. The Hall–Kier alpha value is -8.51. The van der Waals surface area contributed by atoms with Gasteiger partial charge >= 0.3 is 48.4 Å². The molecule has 0 bridgehead atoms. The largest absolute Gasteiger partial charge is 0.452 e. The van der Waals surface area contributed by atoms with Crippen LogP contribution in [0.25, 0.3) is 0 Å². The van der Waals surface area contributed by atoms with Crippen molar-refractivity contribution >= 4 is 58.5 Å². The van der Waals surface area contributed by atoms with E-state index in [0.29, 0.717) is 52.4 Å². The summed E-state index contributed by atoms with van der Waals surface area (Å²) in [4.78, 5) is 52.3. The summed E-state index contributed by atoms with van der Waals surface area (Å²) >= 11 is 15.5. The molecule has 0 unspecified atom stereocenters. The van der Waals surface area contributed by atoms with Gasteiger partial charge in [-0.2, -0.15) is 63.2 Å². The number of carbonyl (C=O) groups is 4. The molecule has 2 heterocycles. The van der Waals surface area contributed by atoms with E-state index in [-0.39, 0.29) is 88.8 Å². The van der Waals surface area contributed by atoms with Crippen LogP contribution in [0.5, 0.6) is 0 Å². The number of alkyl carbamates (subject to hydrolysis) is 1. The summed E-state index contributed by atoms with van der Waals surface area (Å²) in [5.74, 6) is 0.284. The van der Waals surface area contributed by atoms with E-state index in [1.807, 2.05) is 6.07 Å². The molecule has 0 aliphatic carbocycles. The van der Waals surface area contributed by atoms with Gasteiger partial charge in [0.15, 0.2) is 0 Å². The molecule has 2 fully saturated rings. The molecule has 532 valence electrons. The van der Waals surface area contributed by atoms with Crippen molar-refractivity contribution in [3.05, 3.63) is 213 Å². The molecule has 3 amide bonds. The zero-order valence-corrected chi connectivity index (χ0v) is 55.0. The molecule has 99 heavy (non-hydrogen) atoms. The van der Waals surface area contributed by atoms with Crippen molar-refractivity contribution in [3.8, 4) is 12.1 Å². The molecule has 2 aliphatic rings. The van der Waals surface area contributed by atoms with Crippen LogP contribution in [0.4, 0.5) is 71.9 Å². The molecular weight excluding hydrogens is 1400 g/mol.